The van der Waals surface area contributed by atoms with Gasteiger partial charge in [-0.3, -0.25) is 5.10 Å². The minimum atomic E-state index is -0.717. The number of nitriles is 1. The van der Waals surface area contributed by atoms with Gasteiger partial charge >= 0.3 is 11.4 Å². The molecule has 0 atom stereocenters. The molecule has 0 saturated heterocycles. The molecule has 0 aliphatic heterocycles. The standard InChI is InChI=1S/C13H7ClFN5O.C13H10FN7O/c14-11-6(5-16)4-7(15)12(20-11)17-8-2-1-3-9-10(8)19-13(21)18-9;14-6-4-5-10(15)20-21-11(5)19-12(6)16-7-2-1-3-8-9(7)18-13(22)17-8/h1-4H,(H,17,20)(H2,18,19,21);1-4H,(H2,17,18,22)(H4,15,16,19,20,21). The summed E-state index contributed by atoms with van der Waals surface area (Å²) in [6.07, 6.45) is 0. The molecule has 0 spiro atoms. The molecule has 0 aliphatic rings. The third-order valence-corrected chi connectivity index (χ3v) is 6.47. The Morgan fingerprint density at radius 3 is 1.98 bits per heavy atom. The predicted molar refractivity (Wildman–Crippen MR) is 157 cm³/mol. The van der Waals surface area contributed by atoms with E-state index in [1.165, 1.54) is 6.07 Å². The van der Waals surface area contributed by atoms with E-state index in [-0.39, 0.29) is 39.5 Å². The van der Waals surface area contributed by atoms with Crippen LogP contribution in [-0.2, 0) is 0 Å². The van der Waals surface area contributed by atoms with Crippen molar-refractivity contribution in [1.82, 2.24) is 40.1 Å². The van der Waals surface area contributed by atoms with Crippen molar-refractivity contribution in [3.05, 3.63) is 91.9 Å². The van der Waals surface area contributed by atoms with Gasteiger partial charge in [0.2, 0.25) is 0 Å². The second kappa shape index (κ2) is 10.6. The number of nitrogens with two attached hydrogens (primary N) is 1. The zero-order valence-corrected chi connectivity index (χ0v) is 22.2. The van der Waals surface area contributed by atoms with E-state index in [9.17, 15) is 18.4 Å². The van der Waals surface area contributed by atoms with Gasteiger partial charge in [0.05, 0.1) is 44.4 Å². The van der Waals surface area contributed by atoms with Crippen LogP contribution in [0, 0.1) is 23.0 Å². The summed E-state index contributed by atoms with van der Waals surface area (Å²) >= 11 is 5.79. The summed E-state index contributed by atoms with van der Waals surface area (Å²) in [5.74, 6) is -1.17. The number of halogens is 3. The van der Waals surface area contributed by atoms with Crippen LogP contribution in [0.15, 0.2) is 58.1 Å². The second-order valence-corrected chi connectivity index (χ2v) is 9.32. The minimum absolute atomic E-state index is 0.00597. The number of nitrogens with one attached hydrogen (secondary N) is 7. The van der Waals surface area contributed by atoms with Gasteiger partial charge in [0.1, 0.15) is 17.0 Å². The Bertz CT molecular complexity index is 2330. The molecule has 5 aromatic heterocycles. The quantitative estimate of drug-likeness (QED) is 0.134. The molecule has 2 aromatic carbocycles. The van der Waals surface area contributed by atoms with Crippen molar-refractivity contribution in [2.75, 3.05) is 16.4 Å². The first kappa shape index (κ1) is 27.0. The number of benzene rings is 2. The van der Waals surface area contributed by atoms with Gasteiger partial charge in [0, 0.05) is 0 Å². The number of pyridine rings is 2. The molecule has 0 fully saturated rings. The third kappa shape index (κ3) is 5.18. The maximum atomic E-state index is 14.2. The van der Waals surface area contributed by atoms with Gasteiger partial charge in [0.25, 0.3) is 0 Å². The monoisotopic (exact) mass is 602 g/mol. The van der Waals surface area contributed by atoms with Gasteiger partial charge < -0.3 is 36.3 Å². The number of nitrogens with zero attached hydrogens (tertiary/aromatic N) is 4. The average molecular weight is 603 g/mol. The summed E-state index contributed by atoms with van der Waals surface area (Å²) in [4.78, 5) is 41.1. The lowest BCUT2D eigenvalue weighted by molar-refractivity contribution is 0.626. The van der Waals surface area contributed by atoms with Crippen molar-refractivity contribution in [1.29, 1.82) is 5.26 Å². The average Bonchev–Trinajstić information content (AvgIpc) is 3.67. The van der Waals surface area contributed by atoms with Gasteiger partial charge in [-0.1, -0.05) is 23.7 Å². The zero-order valence-electron chi connectivity index (χ0n) is 21.4. The number of para-hydroxylation sites is 2. The highest BCUT2D eigenvalue weighted by atomic mass is 35.5. The van der Waals surface area contributed by atoms with E-state index in [2.05, 4.69) is 50.7 Å². The highest BCUT2D eigenvalue weighted by molar-refractivity contribution is 6.30. The van der Waals surface area contributed by atoms with Crippen LogP contribution in [0.25, 0.3) is 33.1 Å². The third-order valence-electron chi connectivity index (χ3n) is 6.19. The Labute approximate surface area is 242 Å². The van der Waals surface area contributed by atoms with Crippen molar-refractivity contribution in [3.63, 3.8) is 0 Å². The van der Waals surface area contributed by atoms with Gasteiger partial charge in [-0.15, -0.1) is 0 Å². The fourth-order valence-electron chi connectivity index (χ4n) is 4.24. The number of fused-ring (bicyclic) bond motifs is 3. The van der Waals surface area contributed by atoms with Gasteiger partial charge in [-0.05, 0) is 36.4 Å². The molecule has 0 bridgehead atoms. The number of rotatable bonds is 4. The fourth-order valence-corrected chi connectivity index (χ4v) is 4.42. The highest BCUT2D eigenvalue weighted by Crippen LogP contribution is 2.28. The normalized spacial score (nSPS) is 10.9. The lowest BCUT2D eigenvalue weighted by atomic mass is 10.2. The lowest BCUT2D eigenvalue weighted by Gasteiger charge is -2.08. The van der Waals surface area contributed by atoms with Crippen LogP contribution in [0.4, 0.5) is 37.6 Å². The maximum absolute atomic E-state index is 14.2. The Kier molecular flexibility index (Phi) is 6.68. The van der Waals surface area contributed by atoms with E-state index in [1.54, 1.807) is 42.5 Å². The number of nitrogen functional groups attached to an aromatic ring is 1. The molecule has 0 radical (unpaired) electrons. The van der Waals surface area contributed by atoms with E-state index in [0.29, 0.717) is 44.5 Å². The molecule has 43 heavy (non-hydrogen) atoms. The second-order valence-electron chi connectivity index (χ2n) is 8.96. The summed E-state index contributed by atoms with van der Waals surface area (Å²) in [7, 11) is 0. The van der Waals surface area contributed by atoms with E-state index >= 15 is 0 Å². The van der Waals surface area contributed by atoms with Crippen LogP contribution in [-0.4, -0.2) is 40.1 Å². The van der Waals surface area contributed by atoms with Crippen molar-refractivity contribution in [3.8, 4) is 6.07 Å². The number of H-pyrrole nitrogens is 5. The number of anilines is 5. The summed E-state index contributed by atoms with van der Waals surface area (Å²) in [6.45, 7) is 0. The molecule has 0 amide bonds. The maximum Gasteiger partial charge on any atom is 0.323 e. The molecule has 14 nitrogen and oxygen atoms in total. The smallest absolute Gasteiger partial charge is 0.323 e. The molecule has 214 valence electrons. The number of aromatic nitrogens is 8. The largest absolute Gasteiger partial charge is 0.384 e. The number of aromatic amines is 5. The first-order chi connectivity index (χ1) is 20.7. The van der Waals surface area contributed by atoms with Crippen molar-refractivity contribution in [2.45, 2.75) is 0 Å². The zero-order chi connectivity index (χ0) is 30.2. The molecule has 7 aromatic rings. The summed E-state index contributed by atoms with van der Waals surface area (Å²) in [6, 6.07) is 14.2. The molecule has 0 unspecified atom stereocenters. The first-order valence-corrected chi connectivity index (χ1v) is 12.6. The Morgan fingerprint density at radius 2 is 1.40 bits per heavy atom. The van der Waals surface area contributed by atoms with E-state index in [0.717, 1.165) is 6.07 Å². The van der Waals surface area contributed by atoms with Crippen LogP contribution in [0.1, 0.15) is 5.56 Å². The molecular formula is C26H17ClF2N12O2. The minimum Gasteiger partial charge on any atom is -0.384 e. The molecule has 0 aliphatic carbocycles. The van der Waals surface area contributed by atoms with Crippen LogP contribution in [0.3, 0.4) is 0 Å². The van der Waals surface area contributed by atoms with E-state index in [1.807, 2.05) is 0 Å². The summed E-state index contributed by atoms with van der Waals surface area (Å²) in [5.41, 5.74) is 8.37. The summed E-state index contributed by atoms with van der Waals surface area (Å²) < 4.78 is 28.1. The molecule has 5 heterocycles. The Hall–Kier alpha value is -6.21. The molecule has 17 heteroatoms. The number of imidazole rings is 2. The number of hydrogen-bond donors (Lipinski definition) is 8. The number of hydrogen-bond acceptors (Lipinski definition) is 9. The van der Waals surface area contributed by atoms with Crippen molar-refractivity contribution >= 4 is 73.5 Å². The van der Waals surface area contributed by atoms with E-state index < -0.39 is 11.6 Å². The SMILES string of the molecule is N#Cc1cc(F)c(Nc2cccc3[nH]c(=O)[nH]c23)nc1Cl.Nc1[nH]nc2nc(Nc3cccc4[nH]c(=O)[nH]c34)c(F)cc12. The van der Waals surface area contributed by atoms with E-state index in [4.69, 9.17) is 22.6 Å². The highest BCUT2D eigenvalue weighted by Gasteiger charge is 2.14. The summed E-state index contributed by atoms with van der Waals surface area (Å²) in [5, 5.41) is 21.1. The van der Waals surface area contributed by atoms with Gasteiger partial charge in [0.15, 0.2) is 28.9 Å². The molecule has 7 rings (SSSR count). The van der Waals surface area contributed by atoms with Crippen LogP contribution >= 0.6 is 11.6 Å². The Balaban J connectivity index is 0.000000153. The lowest BCUT2D eigenvalue weighted by Crippen LogP contribution is -2.01. The fraction of sp³-hybridized carbons (Fsp3) is 0. The Morgan fingerprint density at radius 1 is 0.837 bits per heavy atom. The van der Waals surface area contributed by atoms with Crippen LogP contribution in [0.2, 0.25) is 5.15 Å². The van der Waals surface area contributed by atoms with Crippen LogP contribution < -0.4 is 27.7 Å². The van der Waals surface area contributed by atoms with Crippen molar-refractivity contribution in [2.24, 2.45) is 0 Å². The van der Waals surface area contributed by atoms with Crippen LogP contribution in [0.5, 0.6) is 0 Å². The van der Waals surface area contributed by atoms with Crippen molar-refractivity contribution < 1.29 is 8.78 Å². The van der Waals surface area contributed by atoms with Gasteiger partial charge in [-0.25, -0.2) is 28.3 Å². The molecule has 9 N–H and O–H groups in total. The van der Waals surface area contributed by atoms with Gasteiger partial charge in [-0.2, -0.15) is 10.4 Å². The topological polar surface area (TPSA) is 226 Å². The predicted octanol–water partition coefficient (Wildman–Crippen LogP) is 4.25. The molecular weight excluding hydrogens is 586 g/mol. The molecule has 0 saturated carbocycles. The first-order valence-electron chi connectivity index (χ1n) is 12.2.